The molecule has 0 fully saturated rings. The maximum atomic E-state index is 11.4. The van der Waals surface area contributed by atoms with Crippen LogP contribution in [-0.2, 0) is 15.6 Å². The number of benzene rings is 2. The van der Waals surface area contributed by atoms with Gasteiger partial charge in [-0.3, -0.25) is 0 Å². The monoisotopic (exact) mass is 380 g/mol. The second-order valence-electron chi connectivity index (χ2n) is 5.15. The molecule has 0 saturated carbocycles. The molecule has 0 heterocycles. The van der Waals surface area contributed by atoms with Crippen LogP contribution in [0.2, 0.25) is 0 Å². The van der Waals surface area contributed by atoms with Crippen LogP contribution in [0.1, 0.15) is 12.5 Å². The number of hydrogen-bond acceptors (Lipinski definition) is 5. The Morgan fingerprint density at radius 2 is 1.75 bits per heavy atom. The summed E-state index contributed by atoms with van der Waals surface area (Å²) in [5.74, 6) is 1.57. The van der Waals surface area contributed by atoms with E-state index in [4.69, 9.17) is 4.74 Å². The van der Waals surface area contributed by atoms with Crippen molar-refractivity contribution in [3.8, 4) is 16.9 Å². The number of rotatable bonds is 6. The fourth-order valence-electron chi connectivity index (χ4n) is 1.88. The zero-order valence-electron chi connectivity index (χ0n) is 13.9. The summed E-state index contributed by atoms with van der Waals surface area (Å²) in [6.07, 6.45) is 2.85. The highest BCUT2D eigenvalue weighted by Crippen LogP contribution is 2.35. The first-order chi connectivity index (χ1) is 11.4. The van der Waals surface area contributed by atoms with Gasteiger partial charge < -0.3 is 4.74 Å². The number of allylic oxidation sites excluding steroid dienone is 1. The first kappa shape index (κ1) is 19.0. The highest BCUT2D eigenvalue weighted by molar-refractivity contribution is 8.79. The van der Waals surface area contributed by atoms with Gasteiger partial charge in [-0.05, 0) is 52.6 Å². The minimum Gasteiger partial charge on any atom is -0.497 e. The van der Waals surface area contributed by atoms with Crippen molar-refractivity contribution >= 4 is 31.4 Å². The first-order valence-corrected chi connectivity index (χ1v) is 11.5. The molecule has 0 aromatic heterocycles. The summed E-state index contributed by atoms with van der Waals surface area (Å²) in [6, 6.07) is 16.2. The van der Waals surface area contributed by atoms with Gasteiger partial charge in [0.05, 0.1) is 7.11 Å². The molecule has 0 saturated heterocycles. The van der Waals surface area contributed by atoms with E-state index in [1.165, 1.54) is 39.0 Å². The van der Waals surface area contributed by atoms with Crippen molar-refractivity contribution < 1.29 is 13.2 Å². The summed E-state index contributed by atoms with van der Waals surface area (Å²) in [7, 11) is 1.33. The van der Waals surface area contributed by atoms with Gasteiger partial charge in [-0.1, -0.05) is 47.2 Å². The van der Waals surface area contributed by atoms with Gasteiger partial charge in [0.2, 0.25) is 0 Å². The Morgan fingerprint density at radius 3 is 2.12 bits per heavy atom. The summed E-state index contributed by atoms with van der Waals surface area (Å²) in [6.45, 7) is 1.73. The predicted octanol–water partition coefficient (Wildman–Crippen LogP) is 5.15. The average molecular weight is 381 g/mol. The van der Waals surface area contributed by atoms with Crippen LogP contribution < -0.4 is 4.74 Å². The molecule has 24 heavy (non-hydrogen) atoms. The molecule has 3 nitrogen and oxygen atoms in total. The Morgan fingerprint density at radius 1 is 1.12 bits per heavy atom. The van der Waals surface area contributed by atoms with Crippen molar-refractivity contribution in [1.29, 1.82) is 0 Å². The molecule has 2 aliphatic rings. The minimum atomic E-state index is -3.10. The highest BCUT2D eigenvalue weighted by atomic mass is 33.1. The van der Waals surface area contributed by atoms with Crippen LogP contribution in [0.15, 0.2) is 58.8 Å². The zero-order chi connectivity index (χ0) is 17.6. The van der Waals surface area contributed by atoms with E-state index < -0.39 is 9.84 Å². The SMILES string of the molecule is CC=C(SSCc1ccc(OC)cc1)S(C)(=O)=O.c1cc2cc-2c1. The van der Waals surface area contributed by atoms with E-state index in [9.17, 15) is 8.42 Å². The van der Waals surface area contributed by atoms with Gasteiger partial charge in [-0.15, -0.1) is 0 Å². The molecule has 0 radical (unpaired) electrons. The van der Waals surface area contributed by atoms with Gasteiger partial charge >= 0.3 is 0 Å². The summed E-state index contributed by atoms with van der Waals surface area (Å²) in [5, 5.41) is 0. The van der Waals surface area contributed by atoms with Crippen molar-refractivity contribution in [1.82, 2.24) is 0 Å². The molecular formula is C18H20O3S3. The molecule has 2 aliphatic carbocycles. The van der Waals surface area contributed by atoms with Crippen LogP contribution in [0.5, 0.6) is 5.75 Å². The lowest BCUT2D eigenvalue weighted by molar-refractivity contribution is 0.414. The Labute approximate surface area is 151 Å². The van der Waals surface area contributed by atoms with Crippen molar-refractivity contribution in [2.45, 2.75) is 12.7 Å². The quantitative estimate of drug-likeness (QED) is 0.553. The zero-order valence-corrected chi connectivity index (χ0v) is 16.3. The number of hydrogen-bond donors (Lipinski definition) is 0. The third-order valence-electron chi connectivity index (χ3n) is 3.24. The predicted molar refractivity (Wildman–Crippen MR) is 106 cm³/mol. The molecule has 0 bridgehead atoms. The Balaban J connectivity index is 0.000000282. The van der Waals surface area contributed by atoms with Crippen LogP contribution in [0.3, 0.4) is 0 Å². The molecule has 3 rings (SSSR count). The molecule has 6 heteroatoms. The maximum Gasteiger partial charge on any atom is 0.181 e. The smallest absolute Gasteiger partial charge is 0.181 e. The van der Waals surface area contributed by atoms with Crippen molar-refractivity contribution in [2.75, 3.05) is 13.4 Å². The molecule has 0 spiro atoms. The van der Waals surface area contributed by atoms with E-state index in [1.54, 1.807) is 20.1 Å². The summed E-state index contributed by atoms with van der Waals surface area (Å²) < 4.78 is 28.2. The van der Waals surface area contributed by atoms with Gasteiger partial charge in [-0.2, -0.15) is 0 Å². The first-order valence-electron chi connectivity index (χ1n) is 7.33. The average Bonchev–Trinajstić information content (AvgIpc) is 3.17. The minimum absolute atomic E-state index is 0.404. The summed E-state index contributed by atoms with van der Waals surface area (Å²) in [5.41, 5.74) is 3.99. The van der Waals surface area contributed by atoms with Crippen molar-refractivity contribution in [3.05, 3.63) is 64.4 Å². The Bertz CT molecular complexity index is 792. The number of fused-ring (bicyclic) bond motifs is 1. The lowest BCUT2D eigenvalue weighted by atomic mass is 10.2. The molecule has 1 aromatic carbocycles. The summed E-state index contributed by atoms with van der Waals surface area (Å²) in [4.78, 5) is 0. The van der Waals surface area contributed by atoms with Crippen LogP contribution in [-0.4, -0.2) is 21.8 Å². The van der Waals surface area contributed by atoms with E-state index >= 15 is 0 Å². The molecule has 0 aliphatic heterocycles. The maximum absolute atomic E-state index is 11.4. The van der Waals surface area contributed by atoms with Gasteiger partial charge in [0.1, 0.15) is 9.99 Å². The molecule has 0 N–H and O–H groups in total. The van der Waals surface area contributed by atoms with Gasteiger partial charge in [0, 0.05) is 12.0 Å². The van der Waals surface area contributed by atoms with Crippen LogP contribution in [0.4, 0.5) is 0 Å². The van der Waals surface area contributed by atoms with Gasteiger partial charge in [0.15, 0.2) is 9.84 Å². The Hall–Kier alpha value is -1.37. The number of sulfone groups is 1. The lowest BCUT2D eigenvalue weighted by Gasteiger charge is -2.05. The molecular weight excluding hydrogens is 360 g/mol. The van der Waals surface area contributed by atoms with E-state index in [2.05, 4.69) is 24.3 Å². The lowest BCUT2D eigenvalue weighted by Crippen LogP contribution is -1.95. The fraction of sp³-hybridized carbons (Fsp3) is 0.222. The molecule has 1 aromatic rings. The second-order valence-corrected chi connectivity index (χ2v) is 9.73. The standard InChI is InChI=1S/C12H16O3S3.C6H4/c1-4-12(18(3,13)14)17-16-9-10-5-7-11(15-2)8-6-10;1-2-5-4-6(5)3-1/h4-8H,9H2,1-3H3;1-4H. The molecule has 128 valence electrons. The molecule has 0 atom stereocenters. The van der Waals surface area contributed by atoms with Crippen molar-refractivity contribution in [2.24, 2.45) is 0 Å². The fourth-order valence-corrected chi connectivity index (χ4v) is 6.17. The second kappa shape index (κ2) is 8.65. The third kappa shape index (κ3) is 5.92. The molecule has 0 amide bonds. The third-order valence-corrected chi connectivity index (χ3v) is 7.90. The van der Waals surface area contributed by atoms with Crippen molar-refractivity contribution in [3.63, 3.8) is 0 Å². The highest BCUT2D eigenvalue weighted by Gasteiger charge is 2.11. The number of methoxy groups -OCH3 is 1. The normalized spacial score (nSPS) is 12.2. The summed E-state index contributed by atoms with van der Waals surface area (Å²) >= 11 is 0. The van der Waals surface area contributed by atoms with Gasteiger partial charge in [0.25, 0.3) is 0 Å². The van der Waals surface area contributed by atoms with Crippen LogP contribution in [0, 0.1) is 0 Å². The van der Waals surface area contributed by atoms with E-state index in [0.717, 1.165) is 17.1 Å². The Kier molecular flexibility index (Phi) is 6.83. The van der Waals surface area contributed by atoms with Crippen LogP contribution >= 0.6 is 21.6 Å². The largest absolute Gasteiger partial charge is 0.497 e. The molecule has 0 unspecified atom stereocenters. The van der Waals surface area contributed by atoms with Gasteiger partial charge in [-0.25, -0.2) is 8.42 Å². The van der Waals surface area contributed by atoms with Crippen LogP contribution in [0.25, 0.3) is 11.1 Å². The topological polar surface area (TPSA) is 43.4 Å². The van der Waals surface area contributed by atoms with E-state index in [0.29, 0.717) is 4.24 Å². The van der Waals surface area contributed by atoms with E-state index in [-0.39, 0.29) is 0 Å². The number of ether oxygens (including phenoxy) is 1. The van der Waals surface area contributed by atoms with E-state index in [1.807, 2.05) is 24.3 Å².